The molecule has 6 heteroatoms. The molecule has 0 bridgehead atoms. The van der Waals surface area contributed by atoms with Crippen molar-refractivity contribution in [3.8, 4) is 5.88 Å². The monoisotopic (exact) mass is 297 g/mol. The summed E-state index contributed by atoms with van der Waals surface area (Å²) in [6.07, 6.45) is -3.46. The zero-order valence-corrected chi connectivity index (χ0v) is 10.2. The van der Waals surface area contributed by atoms with Gasteiger partial charge in [-0.05, 0) is 35.3 Å². The predicted octanol–water partition coefficient (Wildman–Crippen LogP) is 3.87. The van der Waals surface area contributed by atoms with Crippen LogP contribution < -0.4 is 4.74 Å². The van der Waals surface area contributed by atoms with Crippen LogP contribution in [0.15, 0.2) is 16.7 Å². The fourth-order valence-electron chi connectivity index (χ4n) is 1.12. The van der Waals surface area contributed by atoms with Crippen LogP contribution in [0.4, 0.5) is 13.2 Å². The van der Waals surface area contributed by atoms with Gasteiger partial charge in [0.15, 0.2) is 0 Å². The SMILES string of the molecule is Cc1cc(Br)cnc1OCCCC(F)(F)F. The number of rotatable bonds is 4. The Labute approximate surface area is 100.0 Å². The minimum atomic E-state index is -4.12. The van der Waals surface area contributed by atoms with Gasteiger partial charge in [-0.2, -0.15) is 13.2 Å². The van der Waals surface area contributed by atoms with Crippen molar-refractivity contribution in [3.05, 3.63) is 22.3 Å². The van der Waals surface area contributed by atoms with Crippen LogP contribution in [0.25, 0.3) is 0 Å². The van der Waals surface area contributed by atoms with E-state index in [2.05, 4.69) is 20.9 Å². The van der Waals surface area contributed by atoms with Crippen LogP contribution in [0.1, 0.15) is 18.4 Å². The minimum Gasteiger partial charge on any atom is -0.477 e. The molecule has 0 radical (unpaired) electrons. The number of alkyl halides is 3. The number of hydrogen-bond donors (Lipinski definition) is 0. The molecule has 1 heterocycles. The number of nitrogens with zero attached hydrogens (tertiary/aromatic N) is 1. The number of halogens is 4. The van der Waals surface area contributed by atoms with E-state index in [0.29, 0.717) is 5.88 Å². The number of hydrogen-bond acceptors (Lipinski definition) is 2. The van der Waals surface area contributed by atoms with Crippen molar-refractivity contribution in [2.75, 3.05) is 6.61 Å². The first-order valence-electron chi connectivity index (χ1n) is 4.70. The Morgan fingerprint density at radius 3 is 2.69 bits per heavy atom. The highest BCUT2D eigenvalue weighted by Crippen LogP contribution is 2.22. The molecule has 16 heavy (non-hydrogen) atoms. The van der Waals surface area contributed by atoms with Gasteiger partial charge < -0.3 is 4.74 Å². The second-order valence-electron chi connectivity index (χ2n) is 3.34. The second kappa shape index (κ2) is 5.52. The summed E-state index contributed by atoms with van der Waals surface area (Å²) in [6, 6.07) is 1.80. The van der Waals surface area contributed by atoms with Crippen LogP contribution in [-0.2, 0) is 0 Å². The molecule has 0 unspecified atom stereocenters. The molecule has 0 saturated carbocycles. The van der Waals surface area contributed by atoms with E-state index in [1.807, 2.05) is 0 Å². The third-order valence-electron chi connectivity index (χ3n) is 1.84. The summed E-state index contributed by atoms with van der Waals surface area (Å²) in [5.41, 5.74) is 0.793. The van der Waals surface area contributed by atoms with Crippen LogP contribution in [0.3, 0.4) is 0 Å². The summed E-state index contributed by atoms with van der Waals surface area (Å²) < 4.78 is 41.5. The molecule has 0 spiro atoms. The highest BCUT2D eigenvalue weighted by Gasteiger charge is 2.26. The zero-order chi connectivity index (χ0) is 12.2. The molecule has 0 aliphatic heterocycles. The standard InChI is InChI=1S/C10H11BrF3NO/c1-7-5-8(11)6-15-9(7)16-4-2-3-10(12,13)14/h5-6H,2-4H2,1H3. The molecule has 0 amide bonds. The average molecular weight is 298 g/mol. The fourth-order valence-corrected chi connectivity index (χ4v) is 1.57. The Hall–Kier alpha value is -0.780. The van der Waals surface area contributed by atoms with E-state index in [0.717, 1.165) is 10.0 Å². The van der Waals surface area contributed by atoms with Crippen molar-refractivity contribution >= 4 is 15.9 Å². The topological polar surface area (TPSA) is 22.1 Å². The minimum absolute atomic E-state index is 0.0228. The normalized spacial score (nSPS) is 11.6. The third-order valence-corrected chi connectivity index (χ3v) is 2.27. The quantitative estimate of drug-likeness (QED) is 0.787. The van der Waals surface area contributed by atoms with Crippen LogP contribution in [0, 0.1) is 6.92 Å². The number of pyridine rings is 1. The van der Waals surface area contributed by atoms with Crippen molar-refractivity contribution in [1.29, 1.82) is 0 Å². The van der Waals surface area contributed by atoms with E-state index < -0.39 is 12.6 Å². The molecule has 90 valence electrons. The largest absolute Gasteiger partial charge is 0.477 e. The maximum absolute atomic E-state index is 11.8. The van der Waals surface area contributed by atoms with Gasteiger partial charge in [-0.15, -0.1) is 0 Å². The van der Waals surface area contributed by atoms with Gasteiger partial charge in [-0.3, -0.25) is 0 Å². The molecule has 0 saturated heterocycles. The number of aromatic nitrogens is 1. The average Bonchev–Trinajstić information content (AvgIpc) is 2.13. The van der Waals surface area contributed by atoms with Crippen molar-refractivity contribution in [3.63, 3.8) is 0 Å². The van der Waals surface area contributed by atoms with Gasteiger partial charge in [0.1, 0.15) is 0 Å². The Balaban J connectivity index is 2.38. The molecule has 0 fully saturated rings. The summed E-state index contributed by atoms with van der Waals surface area (Å²) in [7, 11) is 0. The van der Waals surface area contributed by atoms with E-state index in [1.54, 1.807) is 19.2 Å². The molecule has 2 nitrogen and oxygen atoms in total. The summed E-state index contributed by atoms with van der Waals surface area (Å²) >= 11 is 3.24. The zero-order valence-electron chi connectivity index (χ0n) is 8.64. The number of ether oxygens (including phenoxy) is 1. The van der Waals surface area contributed by atoms with Crippen molar-refractivity contribution < 1.29 is 17.9 Å². The van der Waals surface area contributed by atoms with E-state index in [9.17, 15) is 13.2 Å². The smallest absolute Gasteiger partial charge is 0.389 e. The predicted molar refractivity (Wildman–Crippen MR) is 57.5 cm³/mol. The van der Waals surface area contributed by atoms with Gasteiger partial charge in [-0.1, -0.05) is 0 Å². The third kappa shape index (κ3) is 4.83. The highest BCUT2D eigenvalue weighted by atomic mass is 79.9. The lowest BCUT2D eigenvalue weighted by atomic mass is 10.3. The molecular weight excluding hydrogens is 287 g/mol. The van der Waals surface area contributed by atoms with Crippen LogP contribution >= 0.6 is 15.9 Å². The molecule has 0 aliphatic carbocycles. The Bertz CT molecular complexity index is 354. The molecule has 1 aromatic heterocycles. The fraction of sp³-hybridized carbons (Fsp3) is 0.500. The Morgan fingerprint density at radius 1 is 1.44 bits per heavy atom. The van der Waals surface area contributed by atoms with E-state index >= 15 is 0 Å². The van der Waals surface area contributed by atoms with Crippen LogP contribution in [0.2, 0.25) is 0 Å². The lowest BCUT2D eigenvalue weighted by molar-refractivity contribution is -0.136. The first-order chi connectivity index (χ1) is 7.38. The van der Waals surface area contributed by atoms with Crippen LogP contribution in [-0.4, -0.2) is 17.8 Å². The van der Waals surface area contributed by atoms with E-state index in [-0.39, 0.29) is 13.0 Å². The molecule has 1 rings (SSSR count). The lowest BCUT2D eigenvalue weighted by Crippen LogP contribution is -2.10. The molecular formula is C10H11BrF3NO. The molecule has 1 aromatic rings. The van der Waals surface area contributed by atoms with E-state index in [4.69, 9.17) is 4.74 Å². The highest BCUT2D eigenvalue weighted by molar-refractivity contribution is 9.10. The maximum Gasteiger partial charge on any atom is 0.389 e. The first kappa shape index (κ1) is 13.3. The summed E-state index contributed by atoms with van der Waals surface area (Å²) in [5.74, 6) is 0.380. The van der Waals surface area contributed by atoms with Gasteiger partial charge in [0.05, 0.1) is 6.61 Å². The first-order valence-corrected chi connectivity index (χ1v) is 5.49. The van der Waals surface area contributed by atoms with Gasteiger partial charge in [0.25, 0.3) is 0 Å². The molecule has 0 atom stereocenters. The van der Waals surface area contributed by atoms with Gasteiger partial charge in [0.2, 0.25) is 5.88 Å². The summed E-state index contributed by atoms with van der Waals surface area (Å²) in [5, 5.41) is 0. The Morgan fingerprint density at radius 2 is 2.12 bits per heavy atom. The molecule has 0 aromatic carbocycles. The van der Waals surface area contributed by atoms with Crippen molar-refractivity contribution in [2.24, 2.45) is 0 Å². The van der Waals surface area contributed by atoms with Gasteiger partial charge in [-0.25, -0.2) is 4.98 Å². The maximum atomic E-state index is 11.8. The number of aryl methyl sites for hydroxylation is 1. The summed E-state index contributed by atoms with van der Waals surface area (Å²) in [4.78, 5) is 3.96. The second-order valence-corrected chi connectivity index (χ2v) is 4.26. The molecule has 0 N–H and O–H groups in total. The van der Waals surface area contributed by atoms with Crippen molar-refractivity contribution in [2.45, 2.75) is 25.9 Å². The molecule has 0 aliphatic rings. The van der Waals surface area contributed by atoms with Crippen molar-refractivity contribution in [1.82, 2.24) is 4.98 Å². The van der Waals surface area contributed by atoms with Gasteiger partial charge >= 0.3 is 6.18 Å². The van der Waals surface area contributed by atoms with Crippen LogP contribution in [0.5, 0.6) is 5.88 Å². The van der Waals surface area contributed by atoms with Gasteiger partial charge in [0, 0.05) is 22.7 Å². The Kier molecular flexibility index (Phi) is 4.58. The summed E-state index contributed by atoms with van der Waals surface area (Å²) in [6.45, 7) is 1.81. The lowest BCUT2D eigenvalue weighted by Gasteiger charge is -2.09. The van der Waals surface area contributed by atoms with E-state index in [1.165, 1.54) is 0 Å².